The second kappa shape index (κ2) is 11.0. The second-order valence-corrected chi connectivity index (χ2v) is 7.75. The summed E-state index contributed by atoms with van der Waals surface area (Å²) < 4.78 is 0. The zero-order valence-corrected chi connectivity index (χ0v) is 16.5. The number of carbonyl (C=O) groups is 4. The fourth-order valence-corrected chi connectivity index (χ4v) is 3.87. The molecule has 2 aliphatic rings. The SMILES string of the molecule is CC(=O)NC(CNC(=O)[C@H]1CCCN(C(=O)CCC2CCNCC2)C1)C(=O)O. The van der Waals surface area contributed by atoms with Crippen LogP contribution in [0.5, 0.6) is 0 Å². The van der Waals surface area contributed by atoms with Crippen LogP contribution in [-0.4, -0.2) is 72.5 Å². The quantitative estimate of drug-likeness (QED) is 0.446. The molecule has 2 saturated heterocycles. The van der Waals surface area contributed by atoms with Crippen LogP contribution >= 0.6 is 0 Å². The first kappa shape index (κ1) is 22.1. The Kier molecular flexibility index (Phi) is 8.69. The van der Waals surface area contributed by atoms with E-state index in [2.05, 4.69) is 16.0 Å². The minimum atomic E-state index is -1.20. The number of hydrogen-bond acceptors (Lipinski definition) is 5. The maximum absolute atomic E-state index is 12.5. The van der Waals surface area contributed by atoms with Crippen LogP contribution in [-0.2, 0) is 19.2 Å². The number of amides is 3. The highest BCUT2D eigenvalue weighted by Crippen LogP contribution is 2.21. The molecule has 2 heterocycles. The van der Waals surface area contributed by atoms with Crippen LogP contribution in [0.2, 0.25) is 0 Å². The first-order chi connectivity index (χ1) is 13.4. The summed E-state index contributed by atoms with van der Waals surface area (Å²) in [5.74, 6) is -1.59. The summed E-state index contributed by atoms with van der Waals surface area (Å²) in [4.78, 5) is 48.9. The van der Waals surface area contributed by atoms with Crippen molar-refractivity contribution in [2.24, 2.45) is 11.8 Å². The maximum atomic E-state index is 12.5. The lowest BCUT2D eigenvalue weighted by atomic mass is 9.92. The van der Waals surface area contributed by atoms with Crippen LogP contribution in [0.4, 0.5) is 0 Å². The number of aliphatic carboxylic acids is 1. The van der Waals surface area contributed by atoms with Crippen molar-refractivity contribution >= 4 is 23.7 Å². The highest BCUT2D eigenvalue weighted by atomic mass is 16.4. The third-order valence-corrected chi connectivity index (χ3v) is 5.53. The number of carbonyl (C=O) groups excluding carboxylic acids is 3. The molecule has 0 saturated carbocycles. The molecule has 0 aromatic carbocycles. The first-order valence-corrected chi connectivity index (χ1v) is 10.1. The monoisotopic (exact) mass is 396 g/mol. The predicted molar refractivity (Wildman–Crippen MR) is 102 cm³/mol. The Morgan fingerprint density at radius 1 is 1.18 bits per heavy atom. The zero-order chi connectivity index (χ0) is 20.5. The number of nitrogens with zero attached hydrogens (tertiary/aromatic N) is 1. The molecule has 1 unspecified atom stereocenters. The van der Waals surface area contributed by atoms with Crippen LogP contribution in [0, 0.1) is 11.8 Å². The summed E-state index contributed by atoms with van der Waals surface area (Å²) in [6, 6.07) is -1.16. The Morgan fingerprint density at radius 3 is 2.54 bits per heavy atom. The van der Waals surface area contributed by atoms with Crippen molar-refractivity contribution in [1.82, 2.24) is 20.9 Å². The maximum Gasteiger partial charge on any atom is 0.328 e. The van der Waals surface area contributed by atoms with E-state index in [0.717, 1.165) is 38.8 Å². The van der Waals surface area contributed by atoms with E-state index in [1.54, 1.807) is 4.90 Å². The molecule has 2 atom stereocenters. The molecule has 9 heteroatoms. The van der Waals surface area contributed by atoms with Gasteiger partial charge in [0.05, 0.1) is 5.92 Å². The second-order valence-electron chi connectivity index (χ2n) is 7.75. The number of rotatable bonds is 8. The third kappa shape index (κ3) is 7.10. The van der Waals surface area contributed by atoms with Gasteiger partial charge in [-0.15, -0.1) is 0 Å². The number of carboxylic acids is 1. The molecule has 158 valence electrons. The van der Waals surface area contributed by atoms with E-state index >= 15 is 0 Å². The molecular formula is C19H32N4O5. The van der Waals surface area contributed by atoms with E-state index in [4.69, 9.17) is 5.11 Å². The van der Waals surface area contributed by atoms with Gasteiger partial charge in [0.1, 0.15) is 6.04 Å². The molecule has 0 aromatic rings. The van der Waals surface area contributed by atoms with Gasteiger partial charge >= 0.3 is 5.97 Å². The lowest BCUT2D eigenvalue weighted by Gasteiger charge is -2.33. The van der Waals surface area contributed by atoms with E-state index < -0.39 is 17.9 Å². The van der Waals surface area contributed by atoms with Crippen molar-refractivity contribution in [3.8, 4) is 0 Å². The number of likely N-dealkylation sites (tertiary alicyclic amines) is 1. The predicted octanol–water partition coefficient (Wildman–Crippen LogP) is -0.290. The van der Waals surface area contributed by atoms with Crippen molar-refractivity contribution in [3.05, 3.63) is 0 Å². The molecule has 2 fully saturated rings. The average Bonchev–Trinajstić information content (AvgIpc) is 2.69. The highest BCUT2D eigenvalue weighted by Gasteiger charge is 2.29. The molecule has 0 aromatic heterocycles. The van der Waals surface area contributed by atoms with Gasteiger partial charge in [-0.25, -0.2) is 4.79 Å². The summed E-state index contributed by atoms with van der Waals surface area (Å²) >= 11 is 0. The molecule has 2 rings (SSSR count). The van der Waals surface area contributed by atoms with E-state index in [9.17, 15) is 19.2 Å². The fourth-order valence-electron chi connectivity index (χ4n) is 3.87. The smallest absolute Gasteiger partial charge is 0.328 e. The van der Waals surface area contributed by atoms with E-state index in [-0.39, 0.29) is 24.3 Å². The molecule has 28 heavy (non-hydrogen) atoms. The Morgan fingerprint density at radius 2 is 1.89 bits per heavy atom. The van der Waals surface area contributed by atoms with Crippen molar-refractivity contribution < 1.29 is 24.3 Å². The van der Waals surface area contributed by atoms with Crippen molar-refractivity contribution in [1.29, 1.82) is 0 Å². The number of piperidine rings is 2. The van der Waals surface area contributed by atoms with Crippen molar-refractivity contribution in [2.45, 2.75) is 51.5 Å². The summed E-state index contributed by atoms with van der Waals surface area (Å²) in [5.41, 5.74) is 0. The molecule has 3 amide bonds. The summed E-state index contributed by atoms with van der Waals surface area (Å²) in [6.07, 6.45) is 5.05. The van der Waals surface area contributed by atoms with Gasteiger partial charge in [0.2, 0.25) is 17.7 Å². The molecule has 9 nitrogen and oxygen atoms in total. The molecule has 0 radical (unpaired) electrons. The summed E-state index contributed by atoms with van der Waals surface area (Å²) in [6.45, 7) is 4.12. The van der Waals surface area contributed by atoms with Crippen molar-refractivity contribution in [3.63, 3.8) is 0 Å². The van der Waals surface area contributed by atoms with Crippen LogP contribution in [0.1, 0.15) is 45.4 Å². The largest absolute Gasteiger partial charge is 0.480 e. The zero-order valence-electron chi connectivity index (χ0n) is 16.5. The Bertz CT molecular complexity index is 577. The lowest BCUT2D eigenvalue weighted by molar-refractivity contribution is -0.141. The number of hydrogen-bond donors (Lipinski definition) is 4. The van der Waals surface area contributed by atoms with Crippen LogP contribution in [0.25, 0.3) is 0 Å². The third-order valence-electron chi connectivity index (χ3n) is 5.53. The number of nitrogens with one attached hydrogen (secondary N) is 3. The number of carboxylic acid groups (broad SMARTS) is 1. The molecule has 2 aliphatic heterocycles. The van der Waals surface area contributed by atoms with Gasteiger partial charge in [0, 0.05) is 33.0 Å². The summed E-state index contributed by atoms with van der Waals surface area (Å²) in [7, 11) is 0. The van der Waals surface area contributed by atoms with Crippen molar-refractivity contribution in [2.75, 3.05) is 32.7 Å². The topological polar surface area (TPSA) is 128 Å². The van der Waals surface area contributed by atoms with Gasteiger partial charge in [0.15, 0.2) is 0 Å². The van der Waals surface area contributed by atoms with Gasteiger partial charge in [-0.1, -0.05) is 0 Å². The molecule has 0 spiro atoms. The Balaban J connectivity index is 1.77. The minimum absolute atomic E-state index is 0.0951. The summed E-state index contributed by atoms with van der Waals surface area (Å²) in [5, 5.41) is 17.3. The Hall–Kier alpha value is -2.16. The van der Waals surface area contributed by atoms with Gasteiger partial charge in [-0.2, -0.15) is 0 Å². The standard InChI is InChI=1S/C19H32N4O5/c1-13(24)22-16(19(27)28)11-21-18(26)15-3-2-10-23(12-15)17(25)5-4-14-6-8-20-9-7-14/h14-16,20H,2-12H2,1H3,(H,21,26)(H,22,24)(H,27,28)/t15-,16?/m0/s1. The first-order valence-electron chi connectivity index (χ1n) is 10.1. The van der Waals surface area contributed by atoms with E-state index in [1.165, 1.54) is 6.92 Å². The molecule has 0 bridgehead atoms. The Labute approximate surface area is 165 Å². The van der Waals surface area contributed by atoms with Gasteiger partial charge in [-0.3, -0.25) is 14.4 Å². The fraction of sp³-hybridized carbons (Fsp3) is 0.789. The minimum Gasteiger partial charge on any atom is -0.480 e. The van der Waals surface area contributed by atoms with Gasteiger partial charge < -0.3 is 26.0 Å². The molecular weight excluding hydrogens is 364 g/mol. The highest BCUT2D eigenvalue weighted by molar-refractivity contribution is 5.84. The van der Waals surface area contributed by atoms with Crippen LogP contribution < -0.4 is 16.0 Å². The van der Waals surface area contributed by atoms with Crippen LogP contribution in [0.15, 0.2) is 0 Å². The van der Waals surface area contributed by atoms with E-state index in [0.29, 0.717) is 31.8 Å². The van der Waals surface area contributed by atoms with Gasteiger partial charge in [-0.05, 0) is 51.1 Å². The average molecular weight is 396 g/mol. The van der Waals surface area contributed by atoms with Gasteiger partial charge in [0.25, 0.3) is 0 Å². The lowest BCUT2D eigenvalue weighted by Crippen LogP contribution is -2.51. The van der Waals surface area contributed by atoms with Crippen LogP contribution in [0.3, 0.4) is 0 Å². The van der Waals surface area contributed by atoms with E-state index in [1.807, 2.05) is 0 Å². The molecule has 4 N–H and O–H groups in total. The normalized spacial score (nSPS) is 21.6. The molecule has 0 aliphatic carbocycles.